The number of hydrogen-bond acceptors (Lipinski definition) is 3. The summed E-state index contributed by atoms with van der Waals surface area (Å²) in [7, 11) is 0. The van der Waals surface area contributed by atoms with Crippen LogP contribution in [0, 0.1) is 0 Å². The normalized spacial score (nSPS) is 16.9. The summed E-state index contributed by atoms with van der Waals surface area (Å²) in [6.45, 7) is 2.12. The second kappa shape index (κ2) is 6.18. The van der Waals surface area contributed by atoms with Crippen LogP contribution >= 0.6 is 0 Å². The van der Waals surface area contributed by atoms with Gasteiger partial charge in [-0.3, -0.25) is 4.90 Å². The van der Waals surface area contributed by atoms with Crippen LogP contribution in [0.15, 0.2) is 30.3 Å². The molecule has 1 aromatic rings. The van der Waals surface area contributed by atoms with Gasteiger partial charge in [0.1, 0.15) is 6.29 Å². The molecule has 0 aliphatic carbocycles. The number of hydrogen-bond donors (Lipinski definition) is 0. The first-order chi connectivity index (χ1) is 9.27. The predicted octanol–water partition coefficient (Wildman–Crippen LogP) is 3.02. The number of fused-ring (bicyclic) bond motifs is 1. The molecule has 0 fully saturated rings. The fourth-order valence-corrected chi connectivity index (χ4v) is 2.22. The highest BCUT2D eigenvalue weighted by Crippen LogP contribution is 2.30. The van der Waals surface area contributed by atoms with Crippen LogP contribution in [-0.4, -0.2) is 25.0 Å². The van der Waals surface area contributed by atoms with Gasteiger partial charge in [0, 0.05) is 6.42 Å². The van der Waals surface area contributed by atoms with Crippen LogP contribution in [0.25, 0.3) is 6.08 Å². The number of aldehydes is 1. The third-order valence-electron chi connectivity index (χ3n) is 3.07. The van der Waals surface area contributed by atoms with E-state index in [1.165, 1.54) is 0 Å². The van der Waals surface area contributed by atoms with Crippen molar-refractivity contribution < 1.29 is 14.3 Å². The Hall–Kier alpha value is -2.10. The van der Waals surface area contributed by atoms with E-state index in [-0.39, 0.29) is 12.1 Å². The molecule has 1 aromatic carbocycles. The minimum atomic E-state index is -0.366. The summed E-state index contributed by atoms with van der Waals surface area (Å²) in [5, 5.41) is 0. The van der Waals surface area contributed by atoms with Crippen molar-refractivity contribution in [2.45, 2.75) is 25.8 Å². The molecule has 1 heterocycles. The number of para-hydroxylation sites is 1. The molecule has 0 aromatic heterocycles. The van der Waals surface area contributed by atoms with Crippen LogP contribution in [0.3, 0.4) is 0 Å². The molecule has 0 saturated heterocycles. The van der Waals surface area contributed by atoms with E-state index in [9.17, 15) is 9.59 Å². The van der Waals surface area contributed by atoms with Gasteiger partial charge in [-0.1, -0.05) is 30.4 Å². The topological polar surface area (TPSA) is 46.6 Å². The van der Waals surface area contributed by atoms with E-state index < -0.39 is 0 Å². The van der Waals surface area contributed by atoms with E-state index in [4.69, 9.17) is 4.74 Å². The lowest BCUT2D eigenvalue weighted by Gasteiger charge is -2.32. The van der Waals surface area contributed by atoms with Gasteiger partial charge in [0.05, 0.1) is 18.3 Å². The van der Waals surface area contributed by atoms with Gasteiger partial charge < -0.3 is 9.53 Å². The lowest BCUT2D eigenvalue weighted by molar-refractivity contribution is -0.107. The lowest BCUT2D eigenvalue weighted by atomic mass is 10.0. The second-order valence-electron chi connectivity index (χ2n) is 4.30. The molecule has 1 unspecified atom stereocenters. The number of nitrogens with zero attached hydrogens (tertiary/aromatic N) is 1. The van der Waals surface area contributed by atoms with Crippen molar-refractivity contribution in [2.24, 2.45) is 0 Å². The maximum Gasteiger partial charge on any atom is 0.414 e. The van der Waals surface area contributed by atoms with Crippen LogP contribution in [0.5, 0.6) is 0 Å². The number of carbonyl (C=O) groups is 2. The van der Waals surface area contributed by atoms with Crippen molar-refractivity contribution in [2.75, 3.05) is 11.5 Å². The highest BCUT2D eigenvalue weighted by atomic mass is 16.6. The molecule has 19 heavy (non-hydrogen) atoms. The first-order valence-corrected chi connectivity index (χ1v) is 6.44. The molecule has 0 spiro atoms. The van der Waals surface area contributed by atoms with Crippen molar-refractivity contribution >= 4 is 24.1 Å². The Morgan fingerprint density at radius 2 is 2.21 bits per heavy atom. The number of benzene rings is 1. The smallest absolute Gasteiger partial charge is 0.414 e. The summed E-state index contributed by atoms with van der Waals surface area (Å²) in [5.41, 5.74) is 1.82. The van der Waals surface area contributed by atoms with Crippen molar-refractivity contribution in [1.82, 2.24) is 0 Å². The number of carbonyl (C=O) groups excluding carboxylic acids is 2. The van der Waals surface area contributed by atoms with Gasteiger partial charge in [-0.25, -0.2) is 4.79 Å². The lowest BCUT2D eigenvalue weighted by Crippen LogP contribution is -2.41. The Morgan fingerprint density at radius 3 is 2.95 bits per heavy atom. The van der Waals surface area contributed by atoms with E-state index in [1.54, 1.807) is 11.8 Å². The number of ether oxygens (including phenoxy) is 1. The second-order valence-corrected chi connectivity index (χ2v) is 4.30. The van der Waals surface area contributed by atoms with Crippen LogP contribution in [0.4, 0.5) is 10.5 Å². The molecule has 4 heteroatoms. The minimum Gasteiger partial charge on any atom is -0.449 e. The first-order valence-electron chi connectivity index (χ1n) is 6.44. The summed E-state index contributed by atoms with van der Waals surface area (Å²) in [6.07, 6.45) is 5.47. The van der Waals surface area contributed by atoms with E-state index in [0.29, 0.717) is 19.4 Å². The Balaban J connectivity index is 2.31. The Labute approximate surface area is 112 Å². The molecule has 100 valence electrons. The van der Waals surface area contributed by atoms with Gasteiger partial charge in [-0.2, -0.15) is 0 Å². The van der Waals surface area contributed by atoms with Gasteiger partial charge in [0.15, 0.2) is 0 Å². The predicted molar refractivity (Wildman–Crippen MR) is 74.1 cm³/mol. The highest BCUT2D eigenvalue weighted by molar-refractivity contribution is 5.93. The van der Waals surface area contributed by atoms with Gasteiger partial charge in [0.25, 0.3) is 0 Å². The number of rotatable bonds is 4. The summed E-state index contributed by atoms with van der Waals surface area (Å²) in [5.74, 6) is 0. The zero-order chi connectivity index (χ0) is 13.7. The number of amides is 1. The molecule has 1 atom stereocenters. The Morgan fingerprint density at radius 1 is 1.42 bits per heavy atom. The van der Waals surface area contributed by atoms with Crippen LogP contribution in [0.1, 0.15) is 25.3 Å². The van der Waals surface area contributed by atoms with Gasteiger partial charge >= 0.3 is 6.09 Å². The molecule has 2 rings (SSSR count). The SMILES string of the molecule is CCOC(=O)N1c2ccccc2C=CC1CCC=O. The summed E-state index contributed by atoms with van der Waals surface area (Å²) < 4.78 is 5.11. The monoisotopic (exact) mass is 259 g/mol. The third kappa shape index (κ3) is 2.84. The van der Waals surface area contributed by atoms with Crippen LogP contribution in [0.2, 0.25) is 0 Å². The Bertz CT molecular complexity index is 496. The highest BCUT2D eigenvalue weighted by Gasteiger charge is 2.28. The molecule has 4 nitrogen and oxygen atoms in total. The van der Waals surface area contributed by atoms with E-state index >= 15 is 0 Å². The quantitative estimate of drug-likeness (QED) is 0.781. The molecule has 0 N–H and O–H groups in total. The van der Waals surface area contributed by atoms with Gasteiger partial charge in [-0.05, 0) is 25.0 Å². The summed E-state index contributed by atoms with van der Waals surface area (Å²) in [4.78, 5) is 24.3. The largest absolute Gasteiger partial charge is 0.449 e. The first kappa shape index (κ1) is 13.3. The van der Waals surface area contributed by atoms with Crippen molar-refractivity contribution in [1.29, 1.82) is 0 Å². The fraction of sp³-hybridized carbons (Fsp3) is 0.333. The molecule has 1 aliphatic rings. The zero-order valence-electron chi connectivity index (χ0n) is 10.9. The molecule has 0 bridgehead atoms. The van der Waals surface area contributed by atoms with Crippen LogP contribution in [-0.2, 0) is 9.53 Å². The van der Waals surface area contributed by atoms with E-state index in [2.05, 4.69) is 0 Å². The van der Waals surface area contributed by atoms with E-state index in [0.717, 1.165) is 17.5 Å². The molecule has 0 radical (unpaired) electrons. The van der Waals surface area contributed by atoms with Crippen molar-refractivity contribution in [3.8, 4) is 0 Å². The molecular formula is C15H17NO3. The maximum absolute atomic E-state index is 12.1. The standard InChI is InChI=1S/C15H17NO3/c1-2-19-15(18)16-13(7-5-11-17)10-9-12-6-3-4-8-14(12)16/h3-4,6,8-11,13H,2,5,7H2,1H3. The zero-order valence-corrected chi connectivity index (χ0v) is 10.9. The average Bonchev–Trinajstić information content (AvgIpc) is 2.44. The molecule has 1 aliphatic heterocycles. The third-order valence-corrected chi connectivity index (χ3v) is 3.07. The average molecular weight is 259 g/mol. The number of anilines is 1. The fourth-order valence-electron chi connectivity index (χ4n) is 2.22. The molecule has 1 amide bonds. The van der Waals surface area contributed by atoms with Crippen LogP contribution < -0.4 is 4.90 Å². The summed E-state index contributed by atoms with van der Waals surface area (Å²) in [6, 6.07) is 7.54. The van der Waals surface area contributed by atoms with Gasteiger partial charge in [-0.15, -0.1) is 0 Å². The minimum absolute atomic E-state index is 0.126. The van der Waals surface area contributed by atoms with Crippen molar-refractivity contribution in [3.05, 3.63) is 35.9 Å². The van der Waals surface area contributed by atoms with Gasteiger partial charge in [0.2, 0.25) is 0 Å². The molecular weight excluding hydrogens is 242 g/mol. The summed E-state index contributed by atoms with van der Waals surface area (Å²) >= 11 is 0. The maximum atomic E-state index is 12.1. The van der Waals surface area contributed by atoms with E-state index in [1.807, 2.05) is 36.4 Å². The Kier molecular flexibility index (Phi) is 4.34. The van der Waals surface area contributed by atoms with Crippen molar-refractivity contribution in [3.63, 3.8) is 0 Å². The molecule has 0 saturated carbocycles.